The van der Waals surface area contributed by atoms with Crippen LogP contribution in [-0.4, -0.2) is 0 Å². The minimum absolute atomic E-state index is 0.0481. The molecular formula is C67H104N2. The third-order valence-corrected chi connectivity index (χ3v) is 16.8. The number of hydrogen-bond acceptors (Lipinski definition) is 2. The summed E-state index contributed by atoms with van der Waals surface area (Å²) in [5.41, 5.74) is 23.0. The first kappa shape index (κ1) is 56.4. The number of unbranched alkanes of at least 4 members (excludes halogenated alkanes) is 26. The molecule has 4 N–H and O–H groups in total. The number of anilines is 2. The van der Waals surface area contributed by atoms with E-state index in [0.29, 0.717) is 11.8 Å². The summed E-state index contributed by atoms with van der Waals surface area (Å²) in [7, 11) is 0. The van der Waals surface area contributed by atoms with Gasteiger partial charge in [-0.25, -0.2) is 0 Å². The largest absolute Gasteiger partial charge is 0.399 e. The van der Waals surface area contributed by atoms with Crippen molar-refractivity contribution in [3.8, 4) is 0 Å². The van der Waals surface area contributed by atoms with Gasteiger partial charge in [-0.3, -0.25) is 0 Å². The van der Waals surface area contributed by atoms with E-state index in [2.05, 4.69) is 118 Å². The van der Waals surface area contributed by atoms with Crippen molar-refractivity contribution in [2.75, 3.05) is 11.5 Å². The van der Waals surface area contributed by atoms with Crippen LogP contribution in [0.25, 0.3) is 0 Å². The van der Waals surface area contributed by atoms with Gasteiger partial charge in [-0.05, 0) is 102 Å². The summed E-state index contributed by atoms with van der Waals surface area (Å²) in [6.07, 6.45) is 49.1. The van der Waals surface area contributed by atoms with E-state index in [-0.39, 0.29) is 5.41 Å². The van der Waals surface area contributed by atoms with Crippen LogP contribution in [0.15, 0.2) is 97.1 Å². The maximum absolute atomic E-state index is 6.23. The predicted octanol–water partition coefficient (Wildman–Crippen LogP) is 21.1. The van der Waals surface area contributed by atoms with Crippen LogP contribution in [0.2, 0.25) is 0 Å². The zero-order chi connectivity index (χ0) is 48.6. The Morgan fingerprint density at radius 3 is 0.913 bits per heavy atom. The summed E-state index contributed by atoms with van der Waals surface area (Å²) in [5, 5.41) is 0. The molecule has 0 bridgehead atoms. The van der Waals surface area contributed by atoms with E-state index in [9.17, 15) is 0 Å². The molecule has 2 unspecified atom stereocenters. The molecule has 0 aromatic heterocycles. The zero-order valence-corrected chi connectivity index (χ0v) is 45.1. The van der Waals surface area contributed by atoms with E-state index in [1.54, 1.807) is 0 Å². The topological polar surface area (TPSA) is 52.0 Å². The molecule has 382 valence electrons. The molecule has 0 spiro atoms. The fraction of sp³-hybridized carbons (Fsp3) is 0.642. The van der Waals surface area contributed by atoms with E-state index in [0.717, 1.165) is 17.3 Å². The van der Waals surface area contributed by atoms with Crippen molar-refractivity contribution in [3.05, 3.63) is 130 Å². The Balaban J connectivity index is 1.30. The van der Waals surface area contributed by atoms with Gasteiger partial charge in [0.25, 0.3) is 0 Å². The molecule has 0 heterocycles. The Morgan fingerprint density at radius 1 is 0.348 bits per heavy atom. The van der Waals surface area contributed by atoms with E-state index in [1.165, 1.54) is 265 Å². The molecule has 2 atom stereocenters. The highest BCUT2D eigenvalue weighted by molar-refractivity contribution is 5.47. The molecule has 69 heavy (non-hydrogen) atoms. The summed E-state index contributed by atoms with van der Waals surface area (Å²) in [4.78, 5) is 0. The standard InChI is InChI=1S/C67H104N2/c1-4-7-10-13-16-19-22-25-28-31-34-65(59-40-48-63(68)49-41-59)57-36-44-61(45-37-57)67(54-52-56(53-55-67)33-30-27-24-21-18-15-12-9-6-3)62-46-38-58(39-47-62)66(60-42-50-64(69)51-43-60)35-32-29-26-23-20-17-14-11-8-5-2/h36-51,56,65-66H,4-35,52-55,68-69H2,1-3H3. The third kappa shape index (κ3) is 20.3. The Labute approximate surface area is 426 Å². The van der Waals surface area contributed by atoms with Gasteiger partial charge in [0.2, 0.25) is 0 Å². The monoisotopic (exact) mass is 937 g/mol. The van der Waals surface area contributed by atoms with Gasteiger partial charge < -0.3 is 11.5 Å². The molecule has 0 radical (unpaired) electrons. The lowest BCUT2D eigenvalue weighted by atomic mass is 9.62. The van der Waals surface area contributed by atoms with Gasteiger partial charge >= 0.3 is 0 Å². The maximum atomic E-state index is 6.23. The van der Waals surface area contributed by atoms with Crippen molar-refractivity contribution >= 4 is 11.4 Å². The van der Waals surface area contributed by atoms with Crippen molar-refractivity contribution in [1.82, 2.24) is 0 Å². The molecule has 0 aliphatic heterocycles. The van der Waals surface area contributed by atoms with Crippen molar-refractivity contribution < 1.29 is 0 Å². The molecule has 1 fully saturated rings. The van der Waals surface area contributed by atoms with Crippen LogP contribution in [0.1, 0.15) is 297 Å². The van der Waals surface area contributed by atoms with Crippen molar-refractivity contribution in [2.45, 2.75) is 269 Å². The molecule has 4 aromatic rings. The van der Waals surface area contributed by atoms with Crippen LogP contribution in [0.4, 0.5) is 11.4 Å². The molecule has 1 aliphatic carbocycles. The van der Waals surface area contributed by atoms with Crippen molar-refractivity contribution in [1.29, 1.82) is 0 Å². The molecule has 1 saturated carbocycles. The quantitative estimate of drug-likeness (QED) is 0.0347. The lowest BCUT2D eigenvalue weighted by Gasteiger charge is -2.42. The Bertz CT molecular complexity index is 1710. The van der Waals surface area contributed by atoms with Crippen molar-refractivity contribution in [3.63, 3.8) is 0 Å². The van der Waals surface area contributed by atoms with E-state index in [1.807, 2.05) is 0 Å². The average molecular weight is 938 g/mol. The van der Waals surface area contributed by atoms with Gasteiger partial charge in [0.15, 0.2) is 0 Å². The van der Waals surface area contributed by atoms with Gasteiger partial charge in [0, 0.05) is 28.6 Å². The van der Waals surface area contributed by atoms with Crippen LogP contribution < -0.4 is 11.5 Å². The SMILES string of the molecule is CCCCCCCCCCCCC(c1ccc(N)cc1)c1ccc(C2(c3ccc(C(CCCCCCCCCCCC)c4ccc(N)cc4)cc3)CCC(CCCCCCCCCCC)CC2)cc1. The molecule has 0 saturated heterocycles. The van der Waals surface area contributed by atoms with E-state index >= 15 is 0 Å². The number of nitrogen functional groups attached to an aromatic ring is 2. The lowest BCUT2D eigenvalue weighted by Crippen LogP contribution is -2.33. The molecule has 0 amide bonds. The summed E-state index contributed by atoms with van der Waals surface area (Å²) in [6, 6.07) is 37.8. The van der Waals surface area contributed by atoms with Crippen molar-refractivity contribution in [2.24, 2.45) is 5.92 Å². The summed E-state index contributed by atoms with van der Waals surface area (Å²) < 4.78 is 0. The summed E-state index contributed by atoms with van der Waals surface area (Å²) in [6.45, 7) is 6.94. The summed E-state index contributed by atoms with van der Waals surface area (Å²) >= 11 is 0. The third-order valence-electron chi connectivity index (χ3n) is 16.8. The summed E-state index contributed by atoms with van der Waals surface area (Å²) in [5.74, 6) is 1.65. The second-order valence-corrected chi connectivity index (χ2v) is 22.3. The minimum atomic E-state index is 0.0481. The average Bonchev–Trinajstić information content (AvgIpc) is 3.38. The molecular weight excluding hydrogens is 833 g/mol. The first-order valence-corrected chi connectivity index (χ1v) is 29.9. The van der Waals surface area contributed by atoms with Gasteiger partial charge in [-0.15, -0.1) is 0 Å². The Morgan fingerprint density at radius 2 is 0.609 bits per heavy atom. The fourth-order valence-electron chi connectivity index (χ4n) is 12.2. The second-order valence-electron chi connectivity index (χ2n) is 22.3. The highest BCUT2D eigenvalue weighted by atomic mass is 14.5. The lowest BCUT2D eigenvalue weighted by molar-refractivity contribution is 0.250. The number of nitrogens with two attached hydrogens (primary N) is 2. The number of benzene rings is 4. The number of rotatable bonds is 38. The molecule has 5 rings (SSSR count). The van der Waals surface area contributed by atoms with E-state index in [4.69, 9.17) is 11.5 Å². The second kappa shape index (κ2) is 34.0. The van der Waals surface area contributed by atoms with Gasteiger partial charge in [-0.1, -0.05) is 286 Å². The Kier molecular flexibility index (Phi) is 27.8. The molecule has 1 aliphatic rings. The van der Waals surface area contributed by atoms with Crippen LogP contribution in [0.5, 0.6) is 0 Å². The first-order chi connectivity index (χ1) is 34.0. The molecule has 2 nitrogen and oxygen atoms in total. The maximum Gasteiger partial charge on any atom is 0.0314 e. The predicted molar refractivity (Wildman–Crippen MR) is 306 cm³/mol. The first-order valence-electron chi connectivity index (χ1n) is 29.9. The highest BCUT2D eigenvalue weighted by Crippen LogP contribution is 2.48. The van der Waals surface area contributed by atoms with Crippen LogP contribution in [0, 0.1) is 5.92 Å². The smallest absolute Gasteiger partial charge is 0.0314 e. The van der Waals surface area contributed by atoms with Crippen LogP contribution in [0.3, 0.4) is 0 Å². The van der Waals surface area contributed by atoms with E-state index < -0.39 is 0 Å². The van der Waals surface area contributed by atoms with Crippen LogP contribution >= 0.6 is 0 Å². The highest BCUT2D eigenvalue weighted by Gasteiger charge is 2.38. The fourth-order valence-corrected chi connectivity index (χ4v) is 12.2. The van der Waals surface area contributed by atoms with Gasteiger partial charge in [0.05, 0.1) is 0 Å². The van der Waals surface area contributed by atoms with Gasteiger partial charge in [-0.2, -0.15) is 0 Å². The zero-order valence-electron chi connectivity index (χ0n) is 45.1. The number of hydrogen-bond donors (Lipinski definition) is 2. The normalized spacial score (nSPS) is 17.0. The minimum Gasteiger partial charge on any atom is -0.399 e. The molecule has 4 aromatic carbocycles. The van der Waals surface area contributed by atoms with Gasteiger partial charge in [0.1, 0.15) is 0 Å². The molecule has 2 heteroatoms. The van der Waals surface area contributed by atoms with Crippen LogP contribution in [-0.2, 0) is 5.41 Å². The Hall–Kier alpha value is -3.52.